The first-order valence-electron chi connectivity index (χ1n) is 4.20. The Hall–Kier alpha value is -1.91. The number of hydrogen-bond donors (Lipinski definition) is 2. The molecule has 0 spiro atoms. The van der Waals surface area contributed by atoms with E-state index in [-0.39, 0.29) is 11.3 Å². The first-order valence-corrected chi connectivity index (χ1v) is 4.20. The lowest BCUT2D eigenvalue weighted by Gasteiger charge is -2.00. The van der Waals surface area contributed by atoms with Gasteiger partial charge in [-0.05, 0) is 12.5 Å². The molecule has 0 saturated carbocycles. The summed E-state index contributed by atoms with van der Waals surface area (Å²) >= 11 is 0. The Morgan fingerprint density at radius 2 is 2.57 bits per heavy atom. The Morgan fingerprint density at radius 1 is 1.79 bits per heavy atom. The molecule has 0 fully saturated rings. The number of aromatic nitrogens is 1. The van der Waals surface area contributed by atoms with E-state index in [2.05, 4.69) is 15.5 Å². The molecule has 0 saturated heterocycles. The summed E-state index contributed by atoms with van der Waals surface area (Å²) in [6.45, 7) is 1.90. The number of hydrogen-bond acceptors (Lipinski definition) is 4. The molecule has 14 heavy (non-hydrogen) atoms. The zero-order valence-corrected chi connectivity index (χ0v) is 7.77. The summed E-state index contributed by atoms with van der Waals surface area (Å²) in [5.74, 6) is -0.605. The van der Waals surface area contributed by atoms with Crippen molar-refractivity contribution < 1.29 is 9.90 Å². The van der Waals surface area contributed by atoms with Crippen molar-refractivity contribution in [2.45, 2.75) is 13.3 Å². The maximum absolute atomic E-state index is 11.3. The predicted octanol–water partition coefficient (Wildman–Crippen LogP) is 0.913. The summed E-state index contributed by atoms with van der Waals surface area (Å²) in [6, 6.07) is 1.42. The third kappa shape index (κ3) is 2.55. The lowest BCUT2D eigenvalue weighted by Crippen LogP contribution is -2.17. The fraction of sp³-hybridized carbons (Fsp3) is 0.222. The van der Waals surface area contributed by atoms with E-state index in [1.165, 1.54) is 18.5 Å². The monoisotopic (exact) mass is 193 g/mol. The molecule has 2 N–H and O–H groups in total. The highest BCUT2D eigenvalue weighted by molar-refractivity contribution is 5.96. The Bertz CT molecular complexity index is 350. The van der Waals surface area contributed by atoms with Crippen molar-refractivity contribution in [3.05, 3.63) is 24.0 Å². The van der Waals surface area contributed by atoms with E-state index in [0.29, 0.717) is 0 Å². The molecular formula is C9H11N3O2. The molecule has 0 aliphatic rings. The van der Waals surface area contributed by atoms with E-state index in [9.17, 15) is 9.90 Å². The van der Waals surface area contributed by atoms with Gasteiger partial charge in [-0.2, -0.15) is 5.10 Å². The van der Waals surface area contributed by atoms with Gasteiger partial charge in [-0.25, -0.2) is 5.43 Å². The average molecular weight is 193 g/mol. The summed E-state index contributed by atoms with van der Waals surface area (Å²) in [5, 5.41) is 12.9. The number of nitrogens with one attached hydrogen (secondary N) is 1. The molecule has 0 unspecified atom stereocenters. The molecule has 74 valence electrons. The molecule has 5 nitrogen and oxygen atoms in total. The number of rotatable bonds is 3. The largest absolute Gasteiger partial charge is 0.505 e. The molecule has 1 aromatic rings. The fourth-order valence-corrected chi connectivity index (χ4v) is 0.834. The van der Waals surface area contributed by atoms with Gasteiger partial charge in [-0.3, -0.25) is 9.78 Å². The molecule has 1 aromatic heterocycles. The number of pyridine rings is 1. The van der Waals surface area contributed by atoms with Crippen LogP contribution in [-0.4, -0.2) is 22.2 Å². The Kier molecular flexibility index (Phi) is 3.60. The van der Waals surface area contributed by atoms with Gasteiger partial charge in [-0.15, -0.1) is 0 Å². The van der Waals surface area contributed by atoms with Crippen LogP contribution in [0.5, 0.6) is 5.75 Å². The lowest BCUT2D eigenvalue weighted by atomic mass is 10.2. The zero-order chi connectivity index (χ0) is 10.4. The first kappa shape index (κ1) is 10.2. The van der Waals surface area contributed by atoms with Crippen LogP contribution in [-0.2, 0) is 0 Å². The second kappa shape index (κ2) is 4.96. The molecule has 0 aromatic carbocycles. The van der Waals surface area contributed by atoms with Crippen LogP contribution in [0.15, 0.2) is 23.6 Å². The smallest absolute Gasteiger partial charge is 0.275 e. The normalized spacial score (nSPS) is 10.4. The van der Waals surface area contributed by atoms with E-state index in [1.807, 2.05) is 6.92 Å². The van der Waals surface area contributed by atoms with Gasteiger partial charge in [0.1, 0.15) is 5.75 Å². The van der Waals surface area contributed by atoms with Crippen LogP contribution in [0.1, 0.15) is 23.7 Å². The number of nitrogens with zero attached hydrogens (tertiary/aromatic N) is 2. The summed E-state index contributed by atoms with van der Waals surface area (Å²) in [6.07, 6.45) is 4.94. The van der Waals surface area contributed by atoms with E-state index in [4.69, 9.17) is 0 Å². The van der Waals surface area contributed by atoms with Crippen LogP contribution in [0.25, 0.3) is 0 Å². The predicted molar refractivity (Wildman–Crippen MR) is 52.2 cm³/mol. The van der Waals surface area contributed by atoms with Gasteiger partial charge in [0.25, 0.3) is 5.91 Å². The molecule has 0 radical (unpaired) electrons. The summed E-state index contributed by atoms with van der Waals surface area (Å²) in [4.78, 5) is 15.0. The Labute approximate surface area is 81.5 Å². The minimum atomic E-state index is -0.449. The summed E-state index contributed by atoms with van der Waals surface area (Å²) in [5.41, 5.74) is 2.44. The van der Waals surface area contributed by atoms with E-state index < -0.39 is 5.91 Å². The van der Waals surface area contributed by atoms with Gasteiger partial charge in [0, 0.05) is 12.4 Å². The lowest BCUT2D eigenvalue weighted by molar-refractivity contribution is 0.0952. The van der Waals surface area contributed by atoms with Gasteiger partial charge in [0.15, 0.2) is 0 Å². The number of hydrazone groups is 1. The number of amides is 1. The average Bonchev–Trinajstić information content (AvgIpc) is 2.18. The quantitative estimate of drug-likeness (QED) is 0.553. The van der Waals surface area contributed by atoms with Crippen molar-refractivity contribution in [3.63, 3.8) is 0 Å². The zero-order valence-electron chi connectivity index (χ0n) is 7.77. The third-order valence-corrected chi connectivity index (χ3v) is 1.48. The van der Waals surface area contributed by atoms with Crippen LogP contribution in [0.2, 0.25) is 0 Å². The van der Waals surface area contributed by atoms with Crippen LogP contribution in [0.3, 0.4) is 0 Å². The topological polar surface area (TPSA) is 74.6 Å². The molecule has 0 atom stereocenters. The maximum atomic E-state index is 11.3. The minimum Gasteiger partial charge on any atom is -0.505 e. The highest BCUT2D eigenvalue weighted by Crippen LogP contribution is 2.12. The Morgan fingerprint density at radius 3 is 3.21 bits per heavy atom. The number of carbonyl (C=O) groups excluding carboxylic acids is 1. The third-order valence-electron chi connectivity index (χ3n) is 1.48. The second-order valence-corrected chi connectivity index (χ2v) is 2.55. The van der Waals surface area contributed by atoms with Crippen molar-refractivity contribution in [2.24, 2.45) is 5.10 Å². The molecule has 0 bridgehead atoms. The Balaban J connectivity index is 2.70. The van der Waals surface area contributed by atoms with Crippen LogP contribution in [0.4, 0.5) is 0 Å². The van der Waals surface area contributed by atoms with Crippen molar-refractivity contribution in [3.8, 4) is 5.75 Å². The summed E-state index contributed by atoms with van der Waals surface area (Å²) < 4.78 is 0. The van der Waals surface area contributed by atoms with Crippen molar-refractivity contribution >= 4 is 12.1 Å². The number of carbonyl (C=O) groups is 1. The molecule has 1 amide bonds. The van der Waals surface area contributed by atoms with Crippen LogP contribution < -0.4 is 5.43 Å². The van der Waals surface area contributed by atoms with Gasteiger partial charge in [0.2, 0.25) is 0 Å². The molecule has 5 heteroatoms. The highest BCUT2D eigenvalue weighted by Gasteiger charge is 2.08. The SMILES string of the molecule is CC/C=N/NC(=O)c1ccncc1O. The molecule has 1 rings (SSSR count). The highest BCUT2D eigenvalue weighted by atomic mass is 16.3. The first-order chi connectivity index (χ1) is 6.75. The standard InChI is InChI=1S/C9H11N3O2/c1-2-4-11-12-9(14)7-3-5-10-6-8(7)13/h3-6,13H,2H2,1H3,(H,12,14)/b11-4+. The maximum Gasteiger partial charge on any atom is 0.275 e. The van der Waals surface area contributed by atoms with Crippen molar-refractivity contribution in [1.29, 1.82) is 0 Å². The molecule has 0 aliphatic carbocycles. The fourth-order valence-electron chi connectivity index (χ4n) is 0.834. The van der Waals surface area contributed by atoms with Crippen molar-refractivity contribution in [2.75, 3.05) is 0 Å². The van der Waals surface area contributed by atoms with Crippen LogP contribution in [0, 0.1) is 0 Å². The molecule has 1 heterocycles. The van der Waals surface area contributed by atoms with Gasteiger partial charge >= 0.3 is 0 Å². The van der Waals surface area contributed by atoms with E-state index >= 15 is 0 Å². The van der Waals surface area contributed by atoms with Crippen LogP contribution >= 0.6 is 0 Å². The molecule has 0 aliphatic heterocycles. The van der Waals surface area contributed by atoms with Gasteiger partial charge in [0.05, 0.1) is 11.8 Å². The van der Waals surface area contributed by atoms with E-state index in [1.54, 1.807) is 6.21 Å². The second-order valence-electron chi connectivity index (χ2n) is 2.55. The molecular weight excluding hydrogens is 182 g/mol. The summed E-state index contributed by atoms with van der Waals surface area (Å²) in [7, 11) is 0. The number of aromatic hydroxyl groups is 1. The van der Waals surface area contributed by atoms with Gasteiger partial charge < -0.3 is 5.11 Å². The minimum absolute atomic E-state index is 0.156. The van der Waals surface area contributed by atoms with Crippen molar-refractivity contribution in [1.82, 2.24) is 10.4 Å². The van der Waals surface area contributed by atoms with Gasteiger partial charge in [-0.1, -0.05) is 6.92 Å². The van der Waals surface area contributed by atoms with E-state index in [0.717, 1.165) is 6.42 Å².